The second-order valence-corrected chi connectivity index (χ2v) is 10.2. The summed E-state index contributed by atoms with van der Waals surface area (Å²) >= 11 is 0. The Balaban J connectivity index is 2.31. The first-order chi connectivity index (χ1) is 16.3. The Hall–Kier alpha value is -3.10. The van der Waals surface area contributed by atoms with Gasteiger partial charge in [-0.1, -0.05) is 31.2 Å². The van der Waals surface area contributed by atoms with E-state index in [2.05, 4.69) is 0 Å². The third-order valence-corrected chi connectivity index (χ3v) is 6.40. The summed E-state index contributed by atoms with van der Waals surface area (Å²) in [5, 5.41) is 0. The van der Waals surface area contributed by atoms with E-state index in [1.807, 2.05) is 31.2 Å². The summed E-state index contributed by atoms with van der Waals surface area (Å²) < 4.78 is 10.3. The SMILES string of the molecule is CCC1(C(=O)N(CC(=O)OC)Cc2ccccc2CN(C)C(=O)OC(C)(C)C)CCN(C)C(=O)C1. The molecule has 1 aromatic carbocycles. The van der Waals surface area contributed by atoms with E-state index in [1.54, 1.807) is 39.8 Å². The number of carbonyl (C=O) groups excluding carboxylic acids is 4. The van der Waals surface area contributed by atoms with Crippen LogP contribution in [0.4, 0.5) is 4.79 Å². The van der Waals surface area contributed by atoms with Crippen molar-refractivity contribution in [3.8, 4) is 0 Å². The Kier molecular flexibility index (Phi) is 9.29. The van der Waals surface area contributed by atoms with Crippen LogP contribution in [0.15, 0.2) is 24.3 Å². The molecule has 1 unspecified atom stereocenters. The number of hydrogen-bond donors (Lipinski definition) is 0. The molecule has 0 aromatic heterocycles. The average Bonchev–Trinajstić information content (AvgIpc) is 2.80. The highest BCUT2D eigenvalue weighted by molar-refractivity contribution is 5.91. The van der Waals surface area contributed by atoms with Gasteiger partial charge in [-0.2, -0.15) is 0 Å². The minimum absolute atomic E-state index is 0.0798. The van der Waals surface area contributed by atoms with Crippen molar-refractivity contribution in [1.29, 1.82) is 0 Å². The summed E-state index contributed by atoms with van der Waals surface area (Å²) in [4.78, 5) is 55.6. The lowest BCUT2D eigenvalue weighted by molar-refractivity contribution is -0.157. The Labute approximate surface area is 208 Å². The number of methoxy groups -OCH3 is 1. The molecule has 0 aliphatic carbocycles. The third kappa shape index (κ3) is 7.44. The monoisotopic (exact) mass is 489 g/mol. The highest BCUT2D eigenvalue weighted by Crippen LogP contribution is 2.37. The van der Waals surface area contributed by atoms with E-state index in [0.29, 0.717) is 19.4 Å². The van der Waals surface area contributed by atoms with Crippen LogP contribution in [-0.2, 0) is 36.9 Å². The summed E-state index contributed by atoms with van der Waals surface area (Å²) in [5.74, 6) is -0.849. The maximum absolute atomic E-state index is 13.8. The summed E-state index contributed by atoms with van der Waals surface area (Å²) in [6, 6.07) is 7.46. The van der Waals surface area contributed by atoms with Crippen molar-refractivity contribution in [3.05, 3.63) is 35.4 Å². The lowest BCUT2D eigenvalue weighted by Gasteiger charge is -2.41. The van der Waals surface area contributed by atoms with Crippen LogP contribution in [0.25, 0.3) is 0 Å². The molecule has 1 heterocycles. The molecule has 1 aliphatic heterocycles. The van der Waals surface area contributed by atoms with E-state index in [0.717, 1.165) is 11.1 Å². The van der Waals surface area contributed by atoms with Crippen LogP contribution >= 0.6 is 0 Å². The molecule has 0 radical (unpaired) electrons. The predicted molar refractivity (Wildman–Crippen MR) is 131 cm³/mol. The molecule has 2 rings (SSSR count). The van der Waals surface area contributed by atoms with E-state index in [9.17, 15) is 19.2 Å². The minimum Gasteiger partial charge on any atom is -0.468 e. The third-order valence-electron chi connectivity index (χ3n) is 6.40. The van der Waals surface area contributed by atoms with Gasteiger partial charge < -0.3 is 24.2 Å². The number of piperidine rings is 1. The van der Waals surface area contributed by atoms with Gasteiger partial charge >= 0.3 is 12.1 Å². The van der Waals surface area contributed by atoms with E-state index in [1.165, 1.54) is 16.9 Å². The van der Waals surface area contributed by atoms with Crippen molar-refractivity contribution < 1.29 is 28.7 Å². The molecule has 194 valence electrons. The van der Waals surface area contributed by atoms with Crippen LogP contribution in [-0.4, -0.2) is 78.5 Å². The number of rotatable bonds is 8. The number of esters is 1. The number of hydrogen-bond acceptors (Lipinski definition) is 6. The van der Waals surface area contributed by atoms with Gasteiger partial charge in [-0.15, -0.1) is 0 Å². The number of benzene rings is 1. The summed E-state index contributed by atoms with van der Waals surface area (Å²) in [7, 11) is 4.66. The molecule has 3 amide bonds. The Morgan fingerprint density at radius 2 is 1.71 bits per heavy atom. The second-order valence-electron chi connectivity index (χ2n) is 10.2. The zero-order chi connectivity index (χ0) is 26.4. The maximum Gasteiger partial charge on any atom is 0.410 e. The van der Waals surface area contributed by atoms with Crippen LogP contribution in [0.1, 0.15) is 58.1 Å². The smallest absolute Gasteiger partial charge is 0.410 e. The van der Waals surface area contributed by atoms with Gasteiger partial charge in [-0.05, 0) is 44.7 Å². The molecular formula is C26H39N3O6. The Morgan fingerprint density at radius 1 is 1.11 bits per heavy atom. The Morgan fingerprint density at radius 3 is 2.23 bits per heavy atom. The van der Waals surface area contributed by atoms with E-state index < -0.39 is 23.1 Å². The van der Waals surface area contributed by atoms with Gasteiger partial charge in [0.05, 0.1) is 12.5 Å². The molecular weight excluding hydrogens is 450 g/mol. The first kappa shape index (κ1) is 28.1. The van der Waals surface area contributed by atoms with Gasteiger partial charge in [0.15, 0.2) is 0 Å². The van der Waals surface area contributed by atoms with Crippen LogP contribution in [0.5, 0.6) is 0 Å². The molecule has 35 heavy (non-hydrogen) atoms. The second kappa shape index (κ2) is 11.6. The number of nitrogens with zero attached hydrogens (tertiary/aromatic N) is 3. The molecule has 1 aliphatic rings. The van der Waals surface area contributed by atoms with Gasteiger partial charge in [-0.25, -0.2) is 4.79 Å². The summed E-state index contributed by atoms with van der Waals surface area (Å²) in [6.07, 6.45) is 0.682. The zero-order valence-electron chi connectivity index (χ0n) is 22.1. The van der Waals surface area contributed by atoms with Gasteiger partial charge in [-0.3, -0.25) is 14.4 Å². The van der Waals surface area contributed by atoms with Crippen LogP contribution in [0.3, 0.4) is 0 Å². The van der Waals surface area contributed by atoms with Gasteiger partial charge in [0.1, 0.15) is 12.1 Å². The van der Waals surface area contributed by atoms with Crippen LogP contribution in [0, 0.1) is 5.41 Å². The van der Waals surface area contributed by atoms with E-state index >= 15 is 0 Å². The first-order valence-electron chi connectivity index (χ1n) is 11.9. The molecule has 0 spiro atoms. The predicted octanol–water partition coefficient (Wildman–Crippen LogP) is 3.20. The van der Waals surface area contributed by atoms with Crippen LogP contribution in [0.2, 0.25) is 0 Å². The molecule has 0 bridgehead atoms. The van der Waals surface area contributed by atoms with Crippen molar-refractivity contribution in [2.24, 2.45) is 5.41 Å². The zero-order valence-corrected chi connectivity index (χ0v) is 22.1. The molecule has 1 atom stereocenters. The molecule has 1 fully saturated rings. The van der Waals surface area contributed by atoms with Gasteiger partial charge in [0.25, 0.3) is 0 Å². The largest absolute Gasteiger partial charge is 0.468 e. The fourth-order valence-corrected chi connectivity index (χ4v) is 4.14. The number of ether oxygens (including phenoxy) is 2. The topological polar surface area (TPSA) is 96.5 Å². The lowest BCUT2D eigenvalue weighted by atomic mass is 9.74. The van der Waals surface area contributed by atoms with Crippen molar-refractivity contribution in [2.45, 2.75) is 65.6 Å². The summed E-state index contributed by atoms with van der Waals surface area (Å²) in [6.45, 7) is 8.00. The van der Waals surface area contributed by atoms with Crippen molar-refractivity contribution >= 4 is 23.9 Å². The lowest BCUT2D eigenvalue weighted by Crippen LogP contribution is -2.52. The number of likely N-dealkylation sites (tertiary alicyclic amines) is 1. The number of carbonyl (C=O) groups is 4. The Bertz CT molecular complexity index is 941. The minimum atomic E-state index is -0.861. The molecule has 1 aromatic rings. The van der Waals surface area contributed by atoms with E-state index in [-0.39, 0.29) is 37.9 Å². The average molecular weight is 490 g/mol. The van der Waals surface area contributed by atoms with Gasteiger partial charge in [0.2, 0.25) is 11.8 Å². The molecule has 9 heteroatoms. The highest BCUT2D eigenvalue weighted by Gasteiger charge is 2.45. The van der Waals surface area contributed by atoms with Crippen molar-refractivity contribution in [1.82, 2.24) is 14.7 Å². The van der Waals surface area contributed by atoms with Gasteiger partial charge in [0, 0.05) is 40.2 Å². The first-order valence-corrected chi connectivity index (χ1v) is 11.9. The maximum atomic E-state index is 13.8. The van der Waals surface area contributed by atoms with Crippen molar-refractivity contribution in [2.75, 3.05) is 34.3 Å². The molecule has 1 saturated heterocycles. The fourth-order valence-electron chi connectivity index (χ4n) is 4.14. The fraction of sp³-hybridized carbons (Fsp3) is 0.615. The normalized spacial score (nSPS) is 18.1. The number of amides is 3. The van der Waals surface area contributed by atoms with E-state index in [4.69, 9.17) is 9.47 Å². The standard InChI is InChI=1S/C26H39N3O6/c1-8-26(13-14-27(5)21(30)15-26)23(32)29(18-22(31)34-7)17-20-12-10-9-11-19(20)16-28(6)24(33)35-25(2,3)4/h9-12H,8,13-18H2,1-7H3. The highest BCUT2D eigenvalue weighted by atomic mass is 16.6. The summed E-state index contributed by atoms with van der Waals surface area (Å²) in [5.41, 5.74) is 0.147. The molecule has 0 saturated carbocycles. The molecule has 9 nitrogen and oxygen atoms in total. The quantitative estimate of drug-likeness (QED) is 0.521. The van der Waals surface area contributed by atoms with Crippen molar-refractivity contribution in [3.63, 3.8) is 0 Å². The van der Waals surface area contributed by atoms with Crippen LogP contribution < -0.4 is 0 Å². The molecule has 0 N–H and O–H groups in total.